The molecule has 1 amide bonds. The maximum absolute atomic E-state index is 12.4. The van der Waals surface area contributed by atoms with E-state index in [-0.39, 0.29) is 17.7 Å². The van der Waals surface area contributed by atoms with Gasteiger partial charge in [0.2, 0.25) is 5.91 Å². The van der Waals surface area contributed by atoms with Crippen LogP contribution in [0.2, 0.25) is 0 Å². The monoisotopic (exact) mass is 314 g/mol. The number of benzene rings is 1. The van der Waals surface area contributed by atoms with Crippen LogP contribution in [0.5, 0.6) is 0 Å². The molecule has 124 valence electrons. The van der Waals surface area contributed by atoms with Crippen molar-refractivity contribution in [3.63, 3.8) is 0 Å². The van der Waals surface area contributed by atoms with Gasteiger partial charge in [0.05, 0.1) is 0 Å². The van der Waals surface area contributed by atoms with Gasteiger partial charge < -0.3 is 10.2 Å². The molecule has 0 saturated carbocycles. The summed E-state index contributed by atoms with van der Waals surface area (Å²) in [7, 11) is 0. The largest absolute Gasteiger partial charge is 0.337 e. The molecule has 2 unspecified atom stereocenters. The number of rotatable bonds is 4. The summed E-state index contributed by atoms with van der Waals surface area (Å²) in [4.78, 5) is 26.7. The number of carbonyl (C=O) groups is 2. The van der Waals surface area contributed by atoms with Crippen LogP contribution in [0.1, 0.15) is 54.6 Å². The number of aryl methyl sites for hydroxylation is 2. The summed E-state index contributed by atoms with van der Waals surface area (Å²) in [6.45, 7) is 5.73. The van der Waals surface area contributed by atoms with Gasteiger partial charge in [0, 0.05) is 43.6 Å². The van der Waals surface area contributed by atoms with Gasteiger partial charge in [-0.15, -0.1) is 0 Å². The smallest absolute Gasteiger partial charge is 0.223 e. The Morgan fingerprint density at radius 1 is 1.17 bits per heavy atom. The quantitative estimate of drug-likeness (QED) is 0.868. The maximum Gasteiger partial charge on any atom is 0.223 e. The Morgan fingerprint density at radius 2 is 1.96 bits per heavy atom. The molecule has 2 atom stereocenters. The van der Waals surface area contributed by atoms with Crippen molar-refractivity contribution in [3.05, 3.63) is 34.9 Å². The zero-order chi connectivity index (χ0) is 16.4. The number of hydrogen-bond acceptors (Lipinski definition) is 3. The van der Waals surface area contributed by atoms with E-state index in [9.17, 15) is 9.59 Å². The second-order valence-corrected chi connectivity index (χ2v) is 6.83. The highest BCUT2D eigenvalue weighted by Gasteiger charge is 2.28. The van der Waals surface area contributed by atoms with E-state index in [0.29, 0.717) is 18.9 Å². The number of ketones is 1. The van der Waals surface area contributed by atoms with Crippen LogP contribution in [0.25, 0.3) is 0 Å². The SMILES string of the molecule is CC1NCCN(C(=O)CCC(=O)c2ccc3c(c2)CCC3)C1C. The van der Waals surface area contributed by atoms with E-state index < -0.39 is 0 Å². The van der Waals surface area contributed by atoms with Crippen molar-refractivity contribution in [2.24, 2.45) is 0 Å². The van der Waals surface area contributed by atoms with E-state index in [0.717, 1.165) is 31.5 Å². The molecule has 0 radical (unpaired) electrons. The van der Waals surface area contributed by atoms with Crippen molar-refractivity contribution in [3.8, 4) is 0 Å². The molecule has 1 aromatic carbocycles. The highest BCUT2D eigenvalue weighted by atomic mass is 16.2. The predicted octanol–water partition coefficient (Wildman–Crippen LogP) is 2.35. The summed E-state index contributed by atoms with van der Waals surface area (Å²) in [6, 6.07) is 6.53. The van der Waals surface area contributed by atoms with Crippen LogP contribution in [-0.2, 0) is 17.6 Å². The minimum absolute atomic E-state index is 0.0869. The summed E-state index contributed by atoms with van der Waals surface area (Å²) in [5.41, 5.74) is 3.45. The van der Waals surface area contributed by atoms with Crippen LogP contribution < -0.4 is 5.32 Å². The average Bonchev–Trinajstić information content (AvgIpc) is 3.02. The summed E-state index contributed by atoms with van der Waals surface area (Å²) in [5, 5.41) is 3.37. The second kappa shape index (κ2) is 6.83. The summed E-state index contributed by atoms with van der Waals surface area (Å²) in [6.07, 6.45) is 4.01. The number of carbonyl (C=O) groups excluding carboxylic acids is 2. The minimum atomic E-state index is 0.0869. The van der Waals surface area contributed by atoms with Gasteiger partial charge in [0.15, 0.2) is 5.78 Å². The molecule has 4 heteroatoms. The molecule has 0 bridgehead atoms. The summed E-state index contributed by atoms with van der Waals surface area (Å²) >= 11 is 0. The molecule has 1 heterocycles. The fraction of sp³-hybridized carbons (Fsp3) is 0.579. The van der Waals surface area contributed by atoms with Crippen molar-refractivity contribution in [2.75, 3.05) is 13.1 Å². The van der Waals surface area contributed by atoms with Crippen molar-refractivity contribution < 1.29 is 9.59 Å². The molecule has 1 aliphatic carbocycles. The van der Waals surface area contributed by atoms with Crippen LogP contribution in [0, 0.1) is 0 Å². The molecule has 0 spiro atoms. The molecular formula is C19H26N2O2. The fourth-order valence-corrected chi connectivity index (χ4v) is 3.66. The maximum atomic E-state index is 12.4. The van der Waals surface area contributed by atoms with Crippen molar-refractivity contribution >= 4 is 11.7 Å². The van der Waals surface area contributed by atoms with Gasteiger partial charge in [-0.05, 0) is 50.3 Å². The average molecular weight is 314 g/mol. The molecule has 4 nitrogen and oxygen atoms in total. The first-order chi connectivity index (χ1) is 11.1. The lowest BCUT2D eigenvalue weighted by atomic mass is 10.0. The number of Topliss-reactive ketones (excluding diaryl/α,β-unsaturated/α-hetero) is 1. The third kappa shape index (κ3) is 3.47. The number of nitrogens with one attached hydrogen (secondary N) is 1. The van der Waals surface area contributed by atoms with Crippen molar-refractivity contribution in [1.29, 1.82) is 0 Å². The van der Waals surface area contributed by atoms with E-state index in [4.69, 9.17) is 0 Å². The molecule has 2 aliphatic rings. The Balaban J connectivity index is 1.57. The van der Waals surface area contributed by atoms with Gasteiger partial charge in [-0.2, -0.15) is 0 Å². The highest BCUT2D eigenvalue weighted by molar-refractivity contribution is 5.98. The lowest BCUT2D eigenvalue weighted by Gasteiger charge is -2.38. The predicted molar refractivity (Wildman–Crippen MR) is 90.7 cm³/mol. The van der Waals surface area contributed by atoms with Crippen LogP contribution in [0.3, 0.4) is 0 Å². The molecule has 1 fully saturated rings. The van der Waals surface area contributed by atoms with Gasteiger partial charge in [0.1, 0.15) is 0 Å². The molecule has 1 N–H and O–H groups in total. The third-order valence-corrected chi connectivity index (χ3v) is 5.34. The first kappa shape index (κ1) is 16.2. The first-order valence-corrected chi connectivity index (χ1v) is 8.74. The van der Waals surface area contributed by atoms with Gasteiger partial charge in [-0.25, -0.2) is 0 Å². The molecular weight excluding hydrogens is 288 g/mol. The van der Waals surface area contributed by atoms with Gasteiger partial charge in [-0.1, -0.05) is 12.1 Å². The van der Waals surface area contributed by atoms with Gasteiger partial charge in [-0.3, -0.25) is 9.59 Å². The number of fused-ring (bicyclic) bond motifs is 1. The number of amides is 1. The molecule has 0 aromatic heterocycles. The van der Waals surface area contributed by atoms with E-state index in [1.807, 2.05) is 17.0 Å². The number of nitrogens with zero attached hydrogens (tertiary/aromatic N) is 1. The Kier molecular flexibility index (Phi) is 4.81. The Morgan fingerprint density at radius 3 is 2.78 bits per heavy atom. The lowest BCUT2D eigenvalue weighted by molar-refractivity contribution is -0.134. The summed E-state index contributed by atoms with van der Waals surface area (Å²) in [5.74, 6) is 0.184. The molecule has 1 aromatic rings. The fourth-order valence-electron chi connectivity index (χ4n) is 3.66. The zero-order valence-corrected chi connectivity index (χ0v) is 14.1. The molecule has 3 rings (SSSR count). The standard InChI is InChI=1S/C19H26N2O2/c1-13-14(2)21(11-10-20-13)19(23)9-8-18(22)17-7-6-15-4-3-5-16(15)12-17/h6-7,12-14,20H,3-5,8-11H2,1-2H3. The van der Waals surface area contributed by atoms with Crippen molar-refractivity contribution in [2.45, 2.75) is 58.0 Å². The van der Waals surface area contributed by atoms with E-state index in [1.165, 1.54) is 17.5 Å². The molecule has 1 aliphatic heterocycles. The Hall–Kier alpha value is -1.68. The minimum Gasteiger partial charge on any atom is -0.337 e. The zero-order valence-electron chi connectivity index (χ0n) is 14.1. The lowest BCUT2D eigenvalue weighted by Crippen LogP contribution is -2.57. The molecule has 1 saturated heterocycles. The van der Waals surface area contributed by atoms with Crippen LogP contribution in [0.15, 0.2) is 18.2 Å². The van der Waals surface area contributed by atoms with Crippen LogP contribution >= 0.6 is 0 Å². The Bertz CT molecular complexity index is 611. The number of hydrogen-bond donors (Lipinski definition) is 1. The topological polar surface area (TPSA) is 49.4 Å². The van der Waals surface area contributed by atoms with Gasteiger partial charge >= 0.3 is 0 Å². The van der Waals surface area contributed by atoms with Crippen LogP contribution in [-0.4, -0.2) is 41.8 Å². The van der Waals surface area contributed by atoms with Crippen LogP contribution in [0.4, 0.5) is 0 Å². The summed E-state index contributed by atoms with van der Waals surface area (Å²) < 4.78 is 0. The number of piperazine rings is 1. The third-order valence-electron chi connectivity index (χ3n) is 5.34. The van der Waals surface area contributed by atoms with E-state index >= 15 is 0 Å². The van der Waals surface area contributed by atoms with E-state index in [2.05, 4.69) is 25.2 Å². The van der Waals surface area contributed by atoms with Gasteiger partial charge in [0.25, 0.3) is 0 Å². The Labute approximate surface area is 138 Å². The van der Waals surface area contributed by atoms with Crippen molar-refractivity contribution in [1.82, 2.24) is 10.2 Å². The normalized spacial score (nSPS) is 23.7. The molecule has 23 heavy (non-hydrogen) atoms. The highest BCUT2D eigenvalue weighted by Crippen LogP contribution is 2.23. The first-order valence-electron chi connectivity index (χ1n) is 8.74. The van der Waals surface area contributed by atoms with E-state index in [1.54, 1.807) is 0 Å². The second-order valence-electron chi connectivity index (χ2n) is 6.83.